The fraction of sp³-hybridized carbons (Fsp3) is 0.250. The molecule has 152 valence electrons. The highest BCUT2D eigenvalue weighted by Gasteiger charge is 2.31. The summed E-state index contributed by atoms with van der Waals surface area (Å²) in [7, 11) is -2.85. The van der Waals surface area contributed by atoms with Crippen LogP contribution >= 0.6 is 0 Å². The van der Waals surface area contributed by atoms with Crippen molar-refractivity contribution < 1.29 is 27.5 Å². The number of benzene rings is 2. The van der Waals surface area contributed by atoms with Crippen LogP contribution in [0, 0.1) is 0 Å². The molecule has 1 heterocycles. The summed E-state index contributed by atoms with van der Waals surface area (Å²) < 4.78 is 32.6. The zero-order chi connectivity index (χ0) is 21.0. The van der Waals surface area contributed by atoms with Gasteiger partial charge in [-0.05, 0) is 36.2 Å². The van der Waals surface area contributed by atoms with Gasteiger partial charge in [0, 0.05) is 12.8 Å². The molecule has 0 unspecified atom stereocenters. The molecule has 1 aliphatic heterocycles. The highest BCUT2D eigenvalue weighted by atomic mass is 32.2. The third-order valence-electron chi connectivity index (χ3n) is 4.52. The van der Waals surface area contributed by atoms with Gasteiger partial charge in [0.15, 0.2) is 0 Å². The first kappa shape index (κ1) is 20.7. The second-order valence-electron chi connectivity index (χ2n) is 6.50. The Hall–Kier alpha value is -3.04. The number of methoxy groups -OCH3 is 1. The predicted octanol–water partition coefficient (Wildman–Crippen LogP) is 1.40. The van der Waals surface area contributed by atoms with Crippen LogP contribution in [0.15, 0.2) is 59.5 Å². The van der Waals surface area contributed by atoms with Crippen LogP contribution in [0.25, 0.3) is 0 Å². The number of ether oxygens (including phenoxy) is 1. The van der Waals surface area contributed by atoms with Gasteiger partial charge in [0.05, 0.1) is 17.7 Å². The maximum atomic E-state index is 12.7. The van der Waals surface area contributed by atoms with E-state index in [9.17, 15) is 22.8 Å². The average molecular weight is 416 g/mol. The van der Waals surface area contributed by atoms with E-state index in [4.69, 9.17) is 4.74 Å². The normalized spacial score (nSPS) is 15.4. The number of hydrogen-bond donors (Lipinski definition) is 1. The van der Waals surface area contributed by atoms with Gasteiger partial charge in [-0.2, -0.15) is 4.72 Å². The van der Waals surface area contributed by atoms with Crippen molar-refractivity contribution in [1.82, 2.24) is 4.72 Å². The summed E-state index contributed by atoms with van der Waals surface area (Å²) in [5.41, 5.74) is 1.08. The van der Waals surface area contributed by atoms with Crippen LogP contribution in [0.2, 0.25) is 0 Å². The minimum Gasteiger partial charge on any atom is -0.468 e. The molecule has 0 aromatic heterocycles. The second kappa shape index (κ2) is 8.54. The minimum atomic E-state index is -4.04. The first-order valence-corrected chi connectivity index (χ1v) is 10.4. The topological polar surface area (TPSA) is 110 Å². The summed E-state index contributed by atoms with van der Waals surface area (Å²) >= 11 is 0. The Balaban J connectivity index is 1.80. The lowest BCUT2D eigenvalue weighted by Crippen LogP contribution is -2.43. The predicted molar refractivity (Wildman–Crippen MR) is 104 cm³/mol. The van der Waals surface area contributed by atoms with Crippen LogP contribution in [0.1, 0.15) is 18.4 Å². The molecule has 0 aliphatic carbocycles. The Bertz CT molecular complexity index is 1000. The standard InChI is InChI=1S/C20H20N2O6S/c1-28-20(25)17(13-14-5-3-2-4-6-14)21-29(26,27)16-9-7-15(8-10-16)22-18(23)11-12-19(22)24/h2-10,17,21H,11-13H2,1H3/t17-/m0/s1. The van der Waals surface area contributed by atoms with Gasteiger partial charge in [-0.15, -0.1) is 0 Å². The molecule has 1 aliphatic rings. The van der Waals surface area contributed by atoms with E-state index in [0.29, 0.717) is 5.69 Å². The van der Waals surface area contributed by atoms with Gasteiger partial charge in [0.25, 0.3) is 0 Å². The molecule has 29 heavy (non-hydrogen) atoms. The molecule has 0 spiro atoms. The van der Waals surface area contributed by atoms with Crippen molar-refractivity contribution in [3.05, 3.63) is 60.2 Å². The van der Waals surface area contributed by atoms with E-state index in [1.165, 1.54) is 31.4 Å². The first-order valence-electron chi connectivity index (χ1n) is 8.92. The molecule has 0 saturated carbocycles. The minimum absolute atomic E-state index is 0.0951. The maximum Gasteiger partial charge on any atom is 0.324 e. The van der Waals surface area contributed by atoms with Gasteiger partial charge < -0.3 is 4.74 Å². The largest absolute Gasteiger partial charge is 0.468 e. The monoisotopic (exact) mass is 416 g/mol. The summed E-state index contributed by atoms with van der Waals surface area (Å²) in [5, 5.41) is 0. The summed E-state index contributed by atoms with van der Waals surface area (Å²) in [6.07, 6.45) is 0.406. The number of esters is 1. The second-order valence-corrected chi connectivity index (χ2v) is 8.22. The molecule has 1 atom stereocenters. The molecule has 3 rings (SSSR count). The highest BCUT2D eigenvalue weighted by molar-refractivity contribution is 7.89. The van der Waals surface area contributed by atoms with E-state index in [1.54, 1.807) is 24.3 Å². The molecular weight excluding hydrogens is 396 g/mol. The van der Waals surface area contributed by atoms with Crippen LogP contribution in [0.4, 0.5) is 5.69 Å². The van der Waals surface area contributed by atoms with Gasteiger partial charge >= 0.3 is 5.97 Å². The fourth-order valence-corrected chi connectivity index (χ4v) is 4.24. The lowest BCUT2D eigenvalue weighted by molar-refractivity contribution is -0.142. The van der Waals surface area contributed by atoms with Crippen LogP contribution in [0.3, 0.4) is 0 Å². The van der Waals surface area contributed by atoms with E-state index < -0.39 is 22.0 Å². The Kier molecular flexibility index (Phi) is 6.09. The molecule has 0 bridgehead atoms. The Labute approximate surface area is 168 Å². The summed E-state index contributed by atoms with van der Waals surface area (Å²) in [6.45, 7) is 0. The van der Waals surface area contributed by atoms with Crippen LogP contribution < -0.4 is 9.62 Å². The highest BCUT2D eigenvalue weighted by Crippen LogP contribution is 2.24. The molecule has 1 N–H and O–H groups in total. The number of nitrogens with one attached hydrogen (secondary N) is 1. The third kappa shape index (κ3) is 4.69. The van der Waals surface area contributed by atoms with Crippen LogP contribution in [-0.4, -0.2) is 39.4 Å². The van der Waals surface area contributed by atoms with E-state index in [0.717, 1.165) is 10.5 Å². The van der Waals surface area contributed by atoms with Gasteiger partial charge in [0.2, 0.25) is 21.8 Å². The SMILES string of the molecule is COC(=O)[C@H](Cc1ccccc1)NS(=O)(=O)c1ccc(N2C(=O)CCC2=O)cc1. The molecular formula is C20H20N2O6S. The molecule has 1 fully saturated rings. The lowest BCUT2D eigenvalue weighted by atomic mass is 10.1. The number of imide groups is 1. The van der Waals surface area contributed by atoms with Crippen molar-refractivity contribution in [3.63, 3.8) is 0 Å². The quantitative estimate of drug-likeness (QED) is 0.540. The van der Waals surface area contributed by atoms with Crippen molar-refractivity contribution in [2.24, 2.45) is 0 Å². The van der Waals surface area contributed by atoms with Crippen LogP contribution in [-0.2, 0) is 35.6 Å². The molecule has 0 radical (unpaired) electrons. The summed E-state index contributed by atoms with van der Waals surface area (Å²) in [5.74, 6) is -1.35. The molecule has 1 saturated heterocycles. The third-order valence-corrected chi connectivity index (χ3v) is 6.01. The number of sulfonamides is 1. The smallest absolute Gasteiger partial charge is 0.324 e. The molecule has 8 nitrogen and oxygen atoms in total. The summed E-state index contributed by atoms with van der Waals surface area (Å²) in [6, 6.07) is 13.2. The van der Waals surface area contributed by atoms with Crippen molar-refractivity contribution in [2.75, 3.05) is 12.0 Å². The number of amides is 2. The Morgan fingerprint density at radius 3 is 2.17 bits per heavy atom. The fourth-order valence-electron chi connectivity index (χ4n) is 3.06. The van der Waals surface area contributed by atoms with Gasteiger partial charge in [0.1, 0.15) is 6.04 Å². The van der Waals surface area contributed by atoms with E-state index in [-0.39, 0.29) is 36.0 Å². The number of rotatable bonds is 7. The van der Waals surface area contributed by atoms with Crippen molar-refractivity contribution in [1.29, 1.82) is 0 Å². The van der Waals surface area contributed by atoms with Crippen molar-refractivity contribution in [3.8, 4) is 0 Å². The van der Waals surface area contributed by atoms with E-state index in [1.807, 2.05) is 6.07 Å². The lowest BCUT2D eigenvalue weighted by Gasteiger charge is -2.18. The first-order chi connectivity index (χ1) is 13.8. The van der Waals surface area contributed by atoms with Crippen molar-refractivity contribution in [2.45, 2.75) is 30.2 Å². The number of carbonyl (C=O) groups is 3. The zero-order valence-corrected chi connectivity index (χ0v) is 16.5. The van der Waals surface area contributed by atoms with Crippen LogP contribution in [0.5, 0.6) is 0 Å². The molecule has 2 amide bonds. The Morgan fingerprint density at radius 2 is 1.62 bits per heavy atom. The van der Waals surface area contributed by atoms with E-state index >= 15 is 0 Å². The molecule has 2 aromatic carbocycles. The van der Waals surface area contributed by atoms with Gasteiger partial charge in [-0.25, -0.2) is 8.42 Å². The van der Waals surface area contributed by atoms with Gasteiger partial charge in [-0.1, -0.05) is 30.3 Å². The molecule has 9 heteroatoms. The molecule has 2 aromatic rings. The number of nitrogens with zero attached hydrogens (tertiary/aromatic N) is 1. The number of carbonyl (C=O) groups excluding carboxylic acids is 3. The number of hydrogen-bond acceptors (Lipinski definition) is 6. The van der Waals surface area contributed by atoms with Gasteiger partial charge in [-0.3, -0.25) is 19.3 Å². The number of anilines is 1. The maximum absolute atomic E-state index is 12.7. The zero-order valence-electron chi connectivity index (χ0n) is 15.7. The van der Waals surface area contributed by atoms with Crippen molar-refractivity contribution >= 4 is 33.5 Å². The summed E-state index contributed by atoms with van der Waals surface area (Å²) in [4.78, 5) is 36.7. The Morgan fingerprint density at radius 1 is 1.03 bits per heavy atom. The van der Waals surface area contributed by atoms with E-state index in [2.05, 4.69) is 4.72 Å². The average Bonchev–Trinajstić information content (AvgIpc) is 3.05.